The Morgan fingerprint density at radius 1 is 1.65 bits per heavy atom. The topological polar surface area (TPSA) is 97.5 Å². The highest BCUT2D eigenvalue weighted by molar-refractivity contribution is 5.86. The number of nitrogens with one attached hydrogen (secondary N) is 1. The fourth-order valence-electron chi connectivity index (χ4n) is 1.30. The summed E-state index contributed by atoms with van der Waals surface area (Å²) in [5.41, 5.74) is 6.12. The van der Waals surface area contributed by atoms with Crippen molar-refractivity contribution in [2.75, 3.05) is 24.8 Å². The van der Waals surface area contributed by atoms with Gasteiger partial charge in [-0.1, -0.05) is 0 Å². The van der Waals surface area contributed by atoms with Crippen LogP contribution in [0.3, 0.4) is 0 Å². The molecule has 6 nitrogen and oxygen atoms in total. The minimum atomic E-state index is -1.07. The van der Waals surface area contributed by atoms with Crippen molar-refractivity contribution in [2.24, 2.45) is 0 Å². The van der Waals surface area contributed by atoms with Crippen LogP contribution in [0.4, 0.5) is 11.5 Å². The van der Waals surface area contributed by atoms with E-state index in [4.69, 9.17) is 15.6 Å². The molecule has 1 heterocycles. The molecule has 1 unspecified atom stereocenters. The Bertz CT molecular complexity index is 396. The molecule has 1 rings (SSSR count). The second-order valence-corrected chi connectivity index (χ2v) is 3.77. The number of pyridine rings is 1. The Morgan fingerprint density at radius 3 is 2.94 bits per heavy atom. The van der Waals surface area contributed by atoms with E-state index in [1.165, 1.54) is 12.1 Å². The normalized spacial score (nSPS) is 12.1. The second kappa shape index (κ2) is 6.05. The summed E-state index contributed by atoms with van der Waals surface area (Å²) >= 11 is 0. The maximum atomic E-state index is 10.8. The predicted octanol–water partition coefficient (Wildman–Crippen LogP) is 1.20. The number of rotatable bonds is 6. The van der Waals surface area contributed by atoms with E-state index in [0.717, 1.165) is 6.42 Å². The number of hydrogen-bond donors (Lipinski definition) is 3. The summed E-state index contributed by atoms with van der Waals surface area (Å²) in [6.45, 7) is 2.57. The fourth-order valence-corrected chi connectivity index (χ4v) is 1.30. The highest BCUT2D eigenvalue weighted by atomic mass is 16.5. The third-order valence-electron chi connectivity index (χ3n) is 2.28. The summed E-state index contributed by atoms with van der Waals surface area (Å²) in [6.07, 6.45) is 0.787. The highest BCUT2D eigenvalue weighted by Crippen LogP contribution is 2.17. The minimum Gasteiger partial charge on any atom is -0.477 e. The average Bonchev–Trinajstić information content (AvgIpc) is 2.29. The van der Waals surface area contributed by atoms with Crippen molar-refractivity contribution in [1.29, 1.82) is 0 Å². The Hall–Kier alpha value is -1.82. The van der Waals surface area contributed by atoms with Crippen LogP contribution in [0.1, 0.15) is 23.8 Å². The number of aromatic carboxylic acids is 1. The van der Waals surface area contributed by atoms with Gasteiger partial charge < -0.3 is 20.9 Å². The molecular formula is C11H17N3O3. The van der Waals surface area contributed by atoms with Crippen LogP contribution in [0.5, 0.6) is 0 Å². The number of carboxylic acids is 1. The average molecular weight is 239 g/mol. The molecule has 0 aromatic carbocycles. The number of anilines is 2. The molecule has 0 spiro atoms. The summed E-state index contributed by atoms with van der Waals surface area (Å²) in [6, 6.07) is 3.01. The molecule has 0 amide bonds. The van der Waals surface area contributed by atoms with Crippen molar-refractivity contribution in [2.45, 2.75) is 19.4 Å². The monoisotopic (exact) mass is 239 g/mol. The van der Waals surface area contributed by atoms with E-state index in [1.807, 2.05) is 6.92 Å². The van der Waals surface area contributed by atoms with Crippen LogP contribution in [0, 0.1) is 0 Å². The summed E-state index contributed by atoms with van der Waals surface area (Å²) < 4.78 is 4.96. The zero-order valence-electron chi connectivity index (χ0n) is 9.93. The molecule has 0 saturated heterocycles. The first-order valence-electron chi connectivity index (χ1n) is 5.30. The van der Waals surface area contributed by atoms with Crippen molar-refractivity contribution < 1.29 is 14.6 Å². The Balaban J connectivity index is 2.75. The maximum absolute atomic E-state index is 10.8. The molecule has 0 bridgehead atoms. The summed E-state index contributed by atoms with van der Waals surface area (Å²) in [5, 5.41) is 11.9. The third-order valence-corrected chi connectivity index (χ3v) is 2.28. The Morgan fingerprint density at radius 2 is 2.35 bits per heavy atom. The van der Waals surface area contributed by atoms with Gasteiger partial charge in [0.1, 0.15) is 5.82 Å². The third kappa shape index (κ3) is 3.92. The molecule has 0 radical (unpaired) electrons. The van der Waals surface area contributed by atoms with Crippen molar-refractivity contribution >= 4 is 17.5 Å². The van der Waals surface area contributed by atoms with Crippen LogP contribution in [-0.2, 0) is 4.74 Å². The molecule has 94 valence electrons. The Labute approximate surface area is 99.8 Å². The molecule has 0 saturated carbocycles. The number of hydrogen-bond acceptors (Lipinski definition) is 5. The molecule has 17 heavy (non-hydrogen) atoms. The van der Waals surface area contributed by atoms with E-state index in [9.17, 15) is 4.79 Å². The zero-order valence-corrected chi connectivity index (χ0v) is 9.93. The molecular weight excluding hydrogens is 222 g/mol. The van der Waals surface area contributed by atoms with E-state index in [-0.39, 0.29) is 11.7 Å². The van der Waals surface area contributed by atoms with Gasteiger partial charge in [-0.15, -0.1) is 0 Å². The van der Waals surface area contributed by atoms with Gasteiger partial charge >= 0.3 is 5.97 Å². The first-order chi connectivity index (χ1) is 8.04. The van der Waals surface area contributed by atoms with Crippen molar-refractivity contribution in [3.63, 3.8) is 0 Å². The summed E-state index contributed by atoms with van der Waals surface area (Å²) in [4.78, 5) is 14.7. The molecule has 1 atom stereocenters. The molecule has 0 aliphatic heterocycles. The summed E-state index contributed by atoms with van der Waals surface area (Å²) in [5.74, 6) is -0.675. The number of ether oxygens (including phenoxy) is 1. The predicted molar refractivity (Wildman–Crippen MR) is 65.2 cm³/mol. The molecule has 0 aliphatic rings. The number of nitrogens with zero attached hydrogens (tertiary/aromatic N) is 1. The molecule has 1 aromatic rings. The van der Waals surface area contributed by atoms with Gasteiger partial charge in [-0.05, 0) is 25.5 Å². The van der Waals surface area contributed by atoms with Crippen LogP contribution in [0.25, 0.3) is 0 Å². The fraction of sp³-hybridized carbons (Fsp3) is 0.455. The lowest BCUT2D eigenvalue weighted by Gasteiger charge is -2.15. The quantitative estimate of drug-likeness (QED) is 0.690. The van der Waals surface area contributed by atoms with Gasteiger partial charge in [-0.3, -0.25) is 0 Å². The molecule has 1 aromatic heterocycles. The molecule has 6 heteroatoms. The summed E-state index contributed by atoms with van der Waals surface area (Å²) in [7, 11) is 1.63. The zero-order chi connectivity index (χ0) is 12.8. The maximum Gasteiger partial charge on any atom is 0.354 e. The van der Waals surface area contributed by atoms with Gasteiger partial charge in [0.25, 0.3) is 0 Å². The van der Waals surface area contributed by atoms with Crippen LogP contribution >= 0.6 is 0 Å². The van der Waals surface area contributed by atoms with Gasteiger partial charge in [0.2, 0.25) is 0 Å². The smallest absolute Gasteiger partial charge is 0.354 e. The van der Waals surface area contributed by atoms with Gasteiger partial charge in [0, 0.05) is 19.8 Å². The number of aromatic nitrogens is 1. The van der Waals surface area contributed by atoms with E-state index >= 15 is 0 Å². The number of nitrogens with two attached hydrogens (primary N) is 1. The standard InChI is InChI=1S/C11H17N3O3/c1-7(5-6-17-2)13-10-8(12)3-4-9(14-10)11(15)16/h3-4,7H,5-6,12H2,1-2H3,(H,13,14)(H,15,16). The lowest BCUT2D eigenvalue weighted by molar-refractivity contribution is 0.0690. The van der Waals surface area contributed by atoms with Gasteiger partial charge in [0.15, 0.2) is 5.69 Å². The van der Waals surface area contributed by atoms with E-state index in [1.54, 1.807) is 7.11 Å². The van der Waals surface area contributed by atoms with E-state index in [0.29, 0.717) is 18.1 Å². The molecule has 0 aliphatic carbocycles. The molecule has 0 fully saturated rings. The van der Waals surface area contributed by atoms with Crippen molar-refractivity contribution in [3.8, 4) is 0 Å². The number of carboxylic acid groups (broad SMARTS) is 1. The minimum absolute atomic E-state index is 0.0272. The van der Waals surface area contributed by atoms with Crippen LogP contribution in [-0.4, -0.2) is 35.8 Å². The molecule has 4 N–H and O–H groups in total. The Kier molecular flexibility index (Phi) is 4.71. The van der Waals surface area contributed by atoms with Gasteiger partial charge in [-0.25, -0.2) is 9.78 Å². The largest absolute Gasteiger partial charge is 0.477 e. The number of nitrogen functional groups attached to an aromatic ring is 1. The lowest BCUT2D eigenvalue weighted by Crippen LogP contribution is -2.19. The van der Waals surface area contributed by atoms with Crippen LogP contribution in [0.15, 0.2) is 12.1 Å². The first kappa shape index (κ1) is 13.2. The van der Waals surface area contributed by atoms with E-state index in [2.05, 4.69) is 10.3 Å². The van der Waals surface area contributed by atoms with Gasteiger partial charge in [-0.2, -0.15) is 0 Å². The van der Waals surface area contributed by atoms with Gasteiger partial charge in [0.05, 0.1) is 5.69 Å². The SMILES string of the molecule is COCCC(C)Nc1nc(C(=O)O)ccc1N. The number of methoxy groups -OCH3 is 1. The van der Waals surface area contributed by atoms with E-state index < -0.39 is 5.97 Å². The highest BCUT2D eigenvalue weighted by Gasteiger charge is 2.10. The van der Waals surface area contributed by atoms with Crippen LogP contribution < -0.4 is 11.1 Å². The lowest BCUT2D eigenvalue weighted by atomic mass is 10.2. The number of carbonyl (C=O) groups is 1. The van der Waals surface area contributed by atoms with Crippen molar-refractivity contribution in [3.05, 3.63) is 17.8 Å². The second-order valence-electron chi connectivity index (χ2n) is 3.77. The first-order valence-corrected chi connectivity index (χ1v) is 5.30. The van der Waals surface area contributed by atoms with Crippen LogP contribution in [0.2, 0.25) is 0 Å². The van der Waals surface area contributed by atoms with Crippen molar-refractivity contribution in [1.82, 2.24) is 4.98 Å².